The van der Waals surface area contributed by atoms with Gasteiger partial charge in [-0.15, -0.1) is 0 Å². The number of piperidine rings is 1. The third-order valence-corrected chi connectivity index (χ3v) is 4.09. The number of amides is 1. The third-order valence-electron chi connectivity index (χ3n) is 4.09. The van der Waals surface area contributed by atoms with E-state index in [-0.39, 0.29) is 17.5 Å². The zero-order valence-electron chi connectivity index (χ0n) is 12.3. The Bertz CT molecular complexity index is 272. The van der Waals surface area contributed by atoms with Crippen molar-refractivity contribution in [2.75, 3.05) is 20.1 Å². The quantitative estimate of drug-likeness (QED) is 0.779. The van der Waals surface area contributed by atoms with Gasteiger partial charge in [-0.2, -0.15) is 0 Å². The number of carbonyl (C=O) groups excluding carboxylic acids is 1. The molecule has 0 radical (unpaired) electrons. The summed E-state index contributed by atoms with van der Waals surface area (Å²) in [6.45, 7) is 7.96. The minimum absolute atomic E-state index is 0.173. The van der Waals surface area contributed by atoms with Gasteiger partial charge in [-0.05, 0) is 45.1 Å². The molecule has 106 valence electrons. The predicted octanol–water partition coefficient (Wildman–Crippen LogP) is 1.35. The van der Waals surface area contributed by atoms with Crippen molar-refractivity contribution in [3.05, 3.63) is 0 Å². The monoisotopic (exact) mass is 255 g/mol. The maximum Gasteiger partial charge on any atom is 0.242 e. The Morgan fingerprint density at radius 1 is 1.44 bits per heavy atom. The normalized spacial score (nSPS) is 26.1. The summed E-state index contributed by atoms with van der Waals surface area (Å²) in [6, 6.07) is 0.173. The Labute approximate surface area is 111 Å². The summed E-state index contributed by atoms with van der Waals surface area (Å²) in [6.07, 6.45) is 4.11. The molecule has 2 atom stereocenters. The van der Waals surface area contributed by atoms with Crippen LogP contribution in [-0.4, -0.2) is 42.5 Å². The van der Waals surface area contributed by atoms with E-state index in [9.17, 15) is 4.79 Å². The molecule has 4 nitrogen and oxygen atoms in total. The fourth-order valence-electron chi connectivity index (χ4n) is 2.44. The van der Waals surface area contributed by atoms with Crippen molar-refractivity contribution in [2.45, 2.75) is 58.0 Å². The van der Waals surface area contributed by atoms with Crippen molar-refractivity contribution >= 4 is 5.91 Å². The fraction of sp³-hybridized carbons (Fsp3) is 0.929. The SMILES string of the molecule is CC(C)C(N)CCN(C)C(=O)C1(C)CCCCN1. The molecule has 2 unspecified atom stereocenters. The molecule has 1 saturated heterocycles. The second-order valence-corrected chi connectivity index (χ2v) is 6.14. The molecule has 0 aromatic carbocycles. The van der Waals surface area contributed by atoms with Crippen molar-refractivity contribution < 1.29 is 4.79 Å². The predicted molar refractivity (Wildman–Crippen MR) is 75.3 cm³/mol. The van der Waals surface area contributed by atoms with Gasteiger partial charge in [0, 0.05) is 19.6 Å². The van der Waals surface area contributed by atoms with Gasteiger partial charge in [-0.3, -0.25) is 4.79 Å². The Hall–Kier alpha value is -0.610. The summed E-state index contributed by atoms with van der Waals surface area (Å²) >= 11 is 0. The lowest BCUT2D eigenvalue weighted by atomic mass is 9.89. The van der Waals surface area contributed by atoms with Crippen molar-refractivity contribution in [1.29, 1.82) is 0 Å². The maximum absolute atomic E-state index is 12.4. The van der Waals surface area contributed by atoms with E-state index in [1.165, 1.54) is 6.42 Å². The Balaban J connectivity index is 2.45. The summed E-state index contributed by atoms with van der Waals surface area (Å²) in [5, 5.41) is 3.36. The zero-order valence-corrected chi connectivity index (χ0v) is 12.3. The van der Waals surface area contributed by atoms with Crippen LogP contribution in [0.3, 0.4) is 0 Å². The molecular formula is C14H29N3O. The number of likely N-dealkylation sites (N-methyl/N-ethyl adjacent to an activating group) is 1. The number of nitrogens with zero attached hydrogens (tertiary/aromatic N) is 1. The van der Waals surface area contributed by atoms with Gasteiger partial charge < -0.3 is 16.0 Å². The highest BCUT2D eigenvalue weighted by Crippen LogP contribution is 2.21. The van der Waals surface area contributed by atoms with Crippen LogP contribution in [0, 0.1) is 5.92 Å². The van der Waals surface area contributed by atoms with Crippen LogP contribution in [0.4, 0.5) is 0 Å². The standard InChI is InChI=1S/C14H29N3O/c1-11(2)12(15)7-10-17(4)13(18)14(3)8-5-6-9-16-14/h11-12,16H,5-10,15H2,1-4H3. The zero-order chi connectivity index (χ0) is 13.8. The van der Waals surface area contributed by atoms with Crippen molar-refractivity contribution in [3.63, 3.8) is 0 Å². The van der Waals surface area contributed by atoms with Crippen LogP contribution in [0.5, 0.6) is 0 Å². The first-order valence-corrected chi connectivity index (χ1v) is 7.13. The average Bonchev–Trinajstić information content (AvgIpc) is 2.35. The molecule has 1 heterocycles. The van der Waals surface area contributed by atoms with E-state index in [1.54, 1.807) is 0 Å². The number of nitrogens with two attached hydrogens (primary N) is 1. The molecule has 0 aromatic rings. The fourth-order valence-corrected chi connectivity index (χ4v) is 2.44. The van der Waals surface area contributed by atoms with Crippen molar-refractivity contribution in [1.82, 2.24) is 10.2 Å². The molecule has 0 aliphatic carbocycles. The van der Waals surface area contributed by atoms with Crippen LogP contribution in [0.1, 0.15) is 46.5 Å². The summed E-state index contributed by atoms with van der Waals surface area (Å²) in [5.41, 5.74) is 5.66. The molecule has 18 heavy (non-hydrogen) atoms. The molecule has 1 aliphatic heterocycles. The first-order chi connectivity index (χ1) is 8.37. The highest BCUT2D eigenvalue weighted by molar-refractivity contribution is 5.85. The molecule has 4 heteroatoms. The highest BCUT2D eigenvalue weighted by Gasteiger charge is 2.36. The van der Waals surface area contributed by atoms with E-state index in [0.717, 1.165) is 32.4 Å². The topological polar surface area (TPSA) is 58.4 Å². The van der Waals surface area contributed by atoms with Gasteiger partial charge in [0.15, 0.2) is 0 Å². The number of hydrogen-bond acceptors (Lipinski definition) is 3. The van der Waals surface area contributed by atoms with Crippen LogP contribution in [0.15, 0.2) is 0 Å². The van der Waals surface area contributed by atoms with Crippen LogP contribution in [0.25, 0.3) is 0 Å². The summed E-state index contributed by atoms with van der Waals surface area (Å²) in [7, 11) is 1.89. The van der Waals surface area contributed by atoms with E-state index in [2.05, 4.69) is 19.2 Å². The molecule has 0 bridgehead atoms. The smallest absolute Gasteiger partial charge is 0.242 e. The Kier molecular flexibility index (Phi) is 5.60. The average molecular weight is 255 g/mol. The number of carbonyl (C=O) groups is 1. The highest BCUT2D eigenvalue weighted by atomic mass is 16.2. The van der Waals surface area contributed by atoms with Gasteiger partial charge in [0.25, 0.3) is 0 Å². The minimum Gasteiger partial charge on any atom is -0.344 e. The molecule has 1 fully saturated rings. The number of hydrogen-bond donors (Lipinski definition) is 2. The molecule has 1 rings (SSSR count). The largest absolute Gasteiger partial charge is 0.344 e. The van der Waals surface area contributed by atoms with E-state index in [1.807, 2.05) is 18.9 Å². The van der Waals surface area contributed by atoms with Crippen LogP contribution < -0.4 is 11.1 Å². The summed E-state index contributed by atoms with van der Waals surface area (Å²) in [5.74, 6) is 0.676. The molecule has 1 aliphatic rings. The lowest BCUT2D eigenvalue weighted by molar-refractivity contribution is -0.137. The lowest BCUT2D eigenvalue weighted by Crippen LogP contribution is -2.57. The van der Waals surface area contributed by atoms with E-state index >= 15 is 0 Å². The van der Waals surface area contributed by atoms with E-state index < -0.39 is 0 Å². The maximum atomic E-state index is 12.4. The second kappa shape index (κ2) is 6.53. The van der Waals surface area contributed by atoms with E-state index in [0.29, 0.717) is 5.92 Å². The van der Waals surface area contributed by atoms with Gasteiger partial charge >= 0.3 is 0 Å². The number of rotatable bonds is 5. The Morgan fingerprint density at radius 3 is 2.61 bits per heavy atom. The third kappa shape index (κ3) is 3.95. The first-order valence-electron chi connectivity index (χ1n) is 7.13. The van der Waals surface area contributed by atoms with Gasteiger partial charge in [0.05, 0.1) is 5.54 Å². The summed E-state index contributed by atoms with van der Waals surface area (Å²) in [4.78, 5) is 14.3. The van der Waals surface area contributed by atoms with Crippen molar-refractivity contribution in [2.24, 2.45) is 11.7 Å². The summed E-state index contributed by atoms with van der Waals surface area (Å²) < 4.78 is 0. The molecule has 0 saturated carbocycles. The molecule has 0 aromatic heterocycles. The van der Waals surface area contributed by atoms with Crippen LogP contribution in [0.2, 0.25) is 0 Å². The van der Waals surface area contributed by atoms with Gasteiger partial charge in [0.1, 0.15) is 0 Å². The van der Waals surface area contributed by atoms with Gasteiger partial charge in [0.2, 0.25) is 5.91 Å². The minimum atomic E-state index is -0.366. The number of nitrogens with one attached hydrogen (secondary N) is 1. The first kappa shape index (κ1) is 15.4. The molecule has 1 amide bonds. The molecular weight excluding hydrogens is 226 g/mol. The van der Waals surface area contributed by atoms with Crippen LogP contribution in [-0.2, 0) is 4.79 Å². The molecule has 0 spiro atoms. The molecule has 3 N–H and O–H groups in total. The Morgan fingerprint density at radius 2 is 2.11 bits per heavy atom. The van der Waals surface area contributed by atoms with Gasteiger partial charge in [-0.25, -0.2) is 0 Å². The van der Waals surface area contributed by atoms with Crippen molar-refractivity contribution in [3.8, 4) is 0 Å². The van der Waals surface area contributed by atoms with Gasteiger partial charge in [-0.1, -0.05) is 13.8 Å². The van der Waals surface area contributed by atoms with E-state index in [4.69, 9.17) is 5.73 Å². The van der Waals surface area contributed by atoms with Crippen LogP contribution >= 0.6 is 0 Å². The lowest BCUT2D eigenvalue weighted by Gasteiger charge is -2.37. The second-order valence-electron chi connectivity index (χ2n) is 6.14.